The quantitative estimate of drug-likeness (QED) is 0.280. The number of halogens is 3. The van der Waals surface area contributed by atoms with Crippen LogP contribution >= 0.6 is 47.0 Å². The number of carbonyl (C=O) groups is 3. The largest absolute Gasteiger partial charge is 0.489 e. The number of aliphatic carboxylic acids is 2. The Labute approximate surface area is 256 Å². The molecular formula is C28H26Cl3N3O6S. The van der Waals surface area contributed by atoms with Crippen LogP contribution in [-0.2, 0) is 33.8 Å². The van der Waals surface area contributed by atoms with Gasteiger partial charge in [0.2, 0.25) is 5.91 Å². The summed E-state index contributed by atoms with van der Waals surface area (Å²) in [5, 5.41) is 19.2. The molecule has 4 rings (SSSR count). The Hall–Kier alpha value is -3.28. The minimum absolute atomic E-state index is 0.153. The summed E-state index contributed by atoms with van der Waals surface area (Å²) in [5.74, 6) is -1.65. The average Bonchev–Trinajstić information content (AvgIpc) is 3.32. The van der Waals surface area contributed by atoms with Gasteiger partial charge in [-0.15, -0.1) is 0 Å². The molecule has 3 aromatic rings. The molecule has 216 valence electrons. The third-order valence-electron chi connectivity index (χ3n) is 6.01. The van der Waals surface area contributed by atoms with E-state index in [1.165, 1.54) is 4.90 Å². The summed E-state index contributed by atoms with van der Waals surface area (Å²) in [6.45, 7) is 0.453. The van der Waals surface area contributed by atoms with E-state index in [-0.39, 0.29) is 38.3 Å². The number of hydrogen-bond donors (Lipinski definition) is 3. The number of carboxylic acid groups (broad SMARTS) is 2. The van der Waals surface area contributed by atoms with Crippen LogP contribution in [0.25, 0.3) is 0 Å². The van der Waals surface area contributed by atoms with Gasteiger partial charge in [-0.1, -0.05) is 65.2 Å². The van der Waals surface area contributed by atoms with Gasteiger partial charge < -0.3 is 25.6 Å². The van der Waals surface area contributed by atoms with E-state index in [9.17, 15) is 14.4 Å². The Balaban J connectivity index is 0.000000232. The second-order valence-electron chi connectivity index (χ2n) is 9.09. The van der Waals surface area contributed by atoms with E-state index in [1.807, 2.05) is 0 Å². The van der Waals surface area contributed by atoms with E-state index in [4.69, 9.17) is 67.7 Å². The maximum atomic E-state index is 12.1. The molecule has 41 heavy (non-hydrogen) atoms. The van der Waals surface area contributed by atoms with E-state index in [0.717, 1.165) is 11.1 Å². The van der Waals surface area contributed by atoms with E-state index in [0.29, 0.717) is 31.2 Å². The molecule has 0 aliphatic carbocycles. The van der Waals surface area contributed by atoms with Gasteiger partial charge in [-0.3, -0.25) is 14.6 Å². The first kappa shape index (κ1) is 32.2. The number of pyridine rings is 1. The number of aromatic nitrogens is 1. The molecule has 1 saturated heterocycles. The van der Waals surface area contributed by atoms with Crippen LogP contribution in [0.2, 0.25) is 15.1 Å². The number of likely N-dealkylation sites (tertiary alicyclic amines) is 1. The third-order valence-corrected chi connectivity index (χ3v) is 7.20. The van der Waals surface area contributed by atoms with Crippen molar-refractivity contribution in [3.63, 3.8) is 0 Å². The predicted molar refractivity (Wildman–Crippen MR) is 160 cm³/mol. The highest BCUT2D eigenvalue weighted by Gasteiger charge is 2.36. The molecule has 1 fully saturated rings. The van der Waals surface area contributed by atoms with Gasteiger partial charge in [-0.25, -0.2) is 4.79 Å². The lowest BCUT2D eigenvalue weighted by Gasteiger charge is -2.20. The van der Waals surface area contributed by atoms with Crippen molar-refractivity contribution < 1.29 is 29.3 Å². The van der Waals surface area contributed by atoms with E-state index in [2.05, 4.69) is 4.98 Å². The highest BCUT2D eigenvalue weighted by Crippen LogP contribution is 2.30. The zero-order valence-electron chi connectivity index (χ0n) is 21.5. The summed E-state index contributed by atoms with van der Waals surface area (Å²) < 4.78 is 5.64. The van der Waals surface area contributed by atoms with Crippen LogP contribution in [0.5, 0.6) is 5.75 Å². The number of rotatable bonds is 9. The van der Waals surface area contributed by atoms with Crippen molar-refractivity contribution in [1.29, 1.82) is 0 Å². The fourth-order valence-electron chi connectivity index (χ4n) is 3.88. The molecule has 13 heteroatoms. The van der Waals surface area contributed by atoms with Gasteiger partial charge in [-0.2, -0.15) is 0 Å². The summed E-state index contributed by atoms with van der Waals surface area (Å²) in [4.78, 5) is 39.7. The summed E-state index contributed by atoms with van der Waals surface area (Å²) in [6.07, 6.45) is 3.90. The molecule has 0 unspecified atom stereocenters. The lowest BCUT2D eigenvalue weighted by Crippen LogP contribution is -2.41. The summed E-state index contributed by atoms with van der Waals surface area (Å²) in [5.41, 5.74) is 7.73. The highest BCUT2D eigenvalue weighted by atomic mass is 35.5. The Morgan fingerprint density at radius 1 is 1.07 bits per heavy atom. The predicted octanol–water partition coefficient (Wildman–Crippen LogP) is 4.86. The minimum atomic E-state index is -1.03. The van der Waals surface area contributed by atoms with Crippen LogP contribution in [0, 0.1) is 0 Å². The van der Waals surface area contributed by atoms with Gasteiger partial charge in [0.25, 0.3) is 0 Å². The molecule has 1 aliphatic heterocycles. The summed E-state index contributed by atoms with van der Waals surface area (Å²) >= 11 is 23.1. The second kappa shape index (κ2) is 15.1. The lowest BCUT2D eigenvalue weighted by atomic mass is 10.1. The van der Waals surface area contributed by atoms with Crippen LogP contribution in [0.3, 0.4) is 0 Å². The number of hydrogen-bond acceptors (Lipinski definition) is 7. The van der Waals surface area contributed by atoms with E-state index in [1.54, 1.807) is 60.9 Å². The molecule has 2 aromatic carbocycles. The van der Waals surface area contributed by atoms with Crippen molar-refractivity contribution in [3.8, 4) is 5.75 Å². The molecule has 0 spiro atoms. The zero-order chi connectivity index (χ0) is 30.1. The van der Waals surface area contributed by atoms with Crippen molar-refractivity contribution >= 4 is 69.7 Å². The highest BCUT2D eigenvalue weighted by molar-refractivity contribution is 7.80. The normalized spacial score (nSPS) is 15.1. The third kappa shape index (κ3) is 9.65. The Morgan fingerprint density at radius 2 is 1.73 bits per heavy atom. The van der Waals surface area contributed by atoms with Crippen molar-refractivity contribution in [1.82, 2.24) is 9.88 Å². The summed E-state index contributed by atoms with van der Waals surface area (Å²) in [6, 6.07) is 12.0. The van der Waals surface area contributed by atoms with Crippen molar-refractivity contribution in [3.05, 3.63) is 92.7 Å². The number of benzene rings is 2. The van der Waals surface area contributed by atoms with Gasteiger partial charge in [-0.05, 0) is 47.9 Å². The fraction of sp³-hybridized carbons (Fsp3) is 0.250. The average molecular weight is 639 g/mol. The molecule has 1 aromatic heterocycles. The van der Waals surface area contributed by atoms with Crippen LogP contribution < -0.4 is 10.5 Å². The van der Waals surface area contributed by atoms with Gasteiger partial charge in [0.1, 0.15) is 24.4 Å². The number of amides is 1. The van der Waals surface area contributed by atoms with Crippen LogP contribution in [-0.4, -0.2) is 61.4 Å². The Kier molecular flexibility index (Phi) is 11.9. The van der Waals surface area contributed by atoms with Crippen LogP contribution in [0.15, 0.2) is 60.9 Å². The number of thiocarbonyl (C=S) groups is 1. The molecule has 0 radical (unpaired) electrons. The molecule has 0 saturated carbocycles. The molecule has 4 N–H and O–H groups in total. The first-order valence-corrected chi connectivity index (χ1v) is 13.7. The molecule has 2 heterocycles. The van der Waals surface area contributed by atoms with E-state index >= 15 is 0 Å². The van der Waals surface area contributed by atoms with Crippen LogP contribution in [0.4, 0.5) is 0 Å². The van der Waals surface area contributed by atoms with Gasteiger partial charge in [0.15, 0.2) is 0 Å². The van der Waals surface area contributed by atoms with Crippen molar-refractivity contribution in [2.24, 2.45) is 5.73 Å². The molecule has 1 amide bonds. The first-order chi connectivity index (χ1) is 19.4. The SMILES string of the molecule is N[C@@H](Cc1ccc(OCc2c(Cl)cc(Cl)cc2Cl)cc1)C(=O)O.O=C(O)[C@@H]1CC(=S)CN1C(=O)Cc1cccnc1. The number of ether oxygens (including phenoxy) is 1. The van der Waals surface area contributed by atoms with Crippen molar-refractivity contribution in [2.45, 2.75) is 38.0 Å². The smallest absolute Gasteiger partial charge is 0.326 e. The minimum Gasteiger partial charge on any atom is -0.489 e. The monoisotopic (exact) mass is 637 g/mol. The molecule has 9 nitrogen and oxygen atoms in total. The number of carboxylic acids is 2. The Morgan fingerprint density at radius 3 is 2.29 bits per heavy atom. The summed E-state index contributed by atoms with van der Waals surface area (Å²) in [7, 11) is 0. The molecule has 0 bridgehead atoms. The number of nitrogens with two attached hydrogens (primary N) is 1. The van der Waals surface area contributed by atoms with Crippen LogP contribution in [0.1, 0.15) is 23.1 Å². The maximum Gasteiger partial charge on any atom is 0.326 e. The topological polar surface area (TPSA) is 143 Å². The zero-order valence-corrected chi connectivity index (χ0v) is 24.6. The first-order valence-electron chi connectivity index (χ1n) is 12.2. The van der Waals surface area contributed by atoms with Gasteiger partial charge >= 0.3 is 11.9 Å². The van der Waals surface area contributed by atoms with Gasteiger partial charge in [0, 0.05) is 34.3 Å². The number of nitrogens with zero attached hydrogens (tertiary/aromatic N) is 2. The van der Waals surface area contributed by atoms with Gasteiger partial charge in [0.05, 0.1) is 23.0 Å². The molecule has 2 atom stereocenters. The number of carbonyl (C=O) groups excluding carboxylic acids is 1. The maximum absolute atomic E-state index is 12.1. The van der Waals surface area contributed by atoms with Crippen molar-refractivity contribution in [2.75, 3.05) is 6.54 Å². The standard InChI is InChI=1S/C16H14Cl3NO3.C12H12N2O3S/c17-10-6-13(18)12(14(19)7-10)8-23-11-3-1-9(2-4-11)5-15(20)16(21)22;15-11(4-8-2-1-3-13-6-8)14-7-9(18)5-10(14)12(16)17/h1-4,6-7,15H,5,8,20H2,(H,21,22);1-3,6,10H,4-5,7H2,(H,16,17)/t15-;10-/m00/s1. The van der Waals surface area contributed by atoms with E-state index < -0.39 is 24.0 Å². The Bertz CT molecular complexity index is 1390. The lowest BCUT2D eigenvalue weighted by molar-refractivity contribution is -0.148. The fourth-order valence-corrected chi connectivity index (χ4v) is 5.10. The molecular weight excluding hydrogens is 613 g/mol. The second-order valence-corrected chi connectivity index (χ2v) is 10.9. The molecule has 1 aliphatic rings.